The maximum absolute atomic E-state index is 11.8. The minimum absolute atomic E-state index is 0.00744. The number of carbonyl (C=O) groups is 2. The Hall–Kier alpha value is -1.26. The van der Waals surface area contributed by atoms with Crippen LogP contribution in [0.3, 0.4) is 0 Å². The van der Waals surface area contributed by atoms with Crippen molar-refractivity contribution in [2.24, 2.45) is 5.92 Å². The summed E-state index contributed by atoms with van der Waals surface area (Å²) in [6.45, 7) is 2.47. The van der Waals surface area contributed by atoms with Crippen LogP contribution in [0.2, 0.25) is 0 Å². The van der Waals surface area contributed by atoms with Gasteiger partial charge in [0, 0.05) is 19.6 Å². The fourth-order valence-corrected chi connectivity index (χ4v) is 2.36. The lowest BCUT2D eigenvalue weighted by molar-refractivity contribution is -0.137. The van der Waals surface area contributed by atoms with E-state index in [4.69, 9.17) is 5.11 Å². The van der Waals surface area contributed by atoms with Crippen molar-refractivity contribution in [1.82, 2.24) is 10.2 Å². The zero-order valence-electron chi connectivity index (χ0n) is 11.3. The molecule has 1 rings (SSSR count). The first-order valence-electron chi connectivity index (χ1n) is 6.76. The number of rotatable bonds is 5. The molecule has 0 aliphatic heterocycles. The summed E-state index contributed by atoms with van der Waals surface area (Å²) in [6.07, 6.45) is 5.65. The van der Waals surface area contributed by atoms with Gasteiger partial charge in [0.25, 0.3) is 0 Å². The second-order valence-electron chi connectivity index (χ2n) is 5.14. The van der Waals surface area contributed by atoms with Gasteiger partial charge in [-0.05, 0) is 31.6 Å². The van der Waals surface area contributed by atoms with Gasteiger partial charge in [-0.3, -0.25) is 4.79 Å². The highest BCUT2D eigenvalue weighted by Crippen LogP contribution is 2.26. The number of nitrogens with one attached hydrogen (secondary N) is 1. The maximum Gasteiger partial charge on any atom is 0.317 e. The zero-order chi connectivity index (χ0) is 13.5. The number of hydrogen-bond acceptors (Lipinski definition) is 2. The van der Waals surface area contributed by atoms with Crippen LogP contribution in [-0.4, -0.2) is 41.6 Å². The molecule has 0 radical (unpaired) electrons. The molecule has 2 amide bonds. The standard InChI is InChI=1S/C13H24N2O3/c1-3-10-4-6-11(7-5-10)14-13(18)15(2)9-8-12(16)17/h10-11H,3-9H2,1-2H3,(H,14,18)(H,16,17). The monoisotopic (exact) mass is 256 g/mol. The summed E-state index contributed by atoms with van der Waals surface area (Å²) in [5.41, 5.74) is 0. The van der Waals surface area contributed by atoms with E-state index < -0.39 is 5.97 Å². The second-order valence-corrected chi connectivity index (χ2v) is 5.14. The van der Waals surface area contributed by atoms with E-state index in [1.807, 2.05) is 0 Å². The Morgan fingerprint density at radius 3 is 2.39 bits per heavy atom. The lowest BCUT2D eigenvalue weighted by atomic mass is 9.84. The number of aliphatic carboxylic acids is 1. The molecule has 2 N–H and O–H groups in total. The SMILES string of the molecule is CCC1CCC(NC(=O)N(C)CCC(=O)O)CC1. The number of carboxylic acid groups (broad SMARTS) is 1. The Morgan fingerprint density at radius 2 is 1.89 bits per heavy atom. The number of carbonyl (C=O) groups excluding carboxylic acids is 1. The van der Waals surface area contributed by atoms with Crippen LogP contribution in [0.1, 0.15) is 45.4 Å². The van der Waals surface area contributed by atoms with Crippen molar-refractivity contribution in [1.29, 1.82) is 0 Å². The molecule has 1 saturated carbocycles. The van der Waals surface area contributed by atoms with Gasteiger partial charge < -0.3 is 15.3 Å². The van der Waals surface area contributed by atoms with E-state index in [1.54, 1.807) is 7.05 Å². The third-order valence-corrected chi connectivity index (χ3v) is 3.76. The molecule has 5 nitrogen and oxygen atoms in total. The van der Waals surface area contributed by atoms with Gasteiger partial charge in [-0.1, -0.05) is 13.3 Å². The summed E-state index contributed by atoms with van der Waals surface area (Å²) in [6, 6.07) is 0.101. The summed E-state index contributed by atoms with van der Waals surface area (Å²) in [5, 5.41) is 11.5. The first-order valence-corrected chi connectivity index (χ1v) is 6.76. The number of amides is 2. The lowest BCUT2D eigenvalue weighted by Crippen LogP contribution is -2.45. The average Bonchev–Trinajstić information content (AvgIpc) is 2.36. The van der Waals surface area contributed by atoms with Crippen molar-refractivity contribution in [3.63, 3.8) is 0 Å². The molecule has 104 valence electrons. The normalized spacial score (nSPS) is 23.4. The number of urea groups is 1. The van der Waals surface area contributed by atoms with Crippen LogP contribution in [0.15, 0.2) is 0 Å². The van der Waals surface area contributed by atoms with Crippen LogP contribution < -0.4 is 5.32 Å². The van der Waals surface area contributed by atoms with Crippen LogP contribution in [0.5, 0.6) is 0 Å². The first-order chi connectivity index (χ1) is 8.52. The molecule has 1 aliphatic rings. The minimum atomic E-state index is -0.877. The molecular formula is C13H24N2O3. The van der Waals surface area contributed by atoms with Gasteiger partial charge in [-0.15, -0.1) is 0 Å². The van der Waals surface area contributed by atoms with Crippen LogP contribution in [0, 0.1) is 5.92 Å². The molecule has 0 aromatic heterocycles. The van der Waals surface area contributed by atoms with Crippen molar-refractivity contribution in [3.8, 4) is 0 Å². The van der Waals surface area contributed by atoms with Gasteiger partial charge in [-0.25, -0.2) is 4.79 Å². The van der Waals surface area contributed by atoms with E-state index in [0.29, 0.717) is 0 Å². The van der Waals surface area contributed by atoms with E-state index in [0.717, 1.165) is 18.8 Å². The van der Waals surface area contributed by atoms with E-state index in [2.05, 4.69) is 12.2 Å². The highest BCUT2D eigenvalue weighted by atomic mass is 16.4. The summed E-state index contributed by atoms with van der Waals surface area (Å²) < 4.78 is 0. The minimum Gasteiger partial charge on any atom is -0.481 e. The Balaban J connectivity index is 2.25. The topological polar surface area (TPSA) is 69.6 Å². The van der Waals surface area contributed by atoms with Gasteiger partial charge in [0.1, 0.15) is 0 Å². The van der Waals surface area contributed by atoms with Gasteiger partial charge in [0.15, 0.2) is 0 Å². The Labute approximate surface area is 109 Å². The smallest absolute Gasteiger partial charge is 0.317 e. The van der Waals surface area contributed by atoms with Crippen molar-refractivity contribution < 1.29 is 14.7 Å². The molecule has 0 bridgehead atoms. The highest BCUT2D eigenvalue weighted by molar-refractivity contribution is 5.75. The Kier molecular flexibility index (Phi) is 5.95. The Bertz CT molecular complexity index is 286. The van der Waals surface area contributed by atoms with Gasteiger partial charge in [-0.2, -0.15) is 0 Å². The van der Waals surface area contributed by atoms with Gasteiger partial charge >= 0.3 is 12.0 Å². The predicted octanol–water partition coefficient (Wildman–Crippen LogP) is 2.07. The molecule has 1 fully saturated rings. The average molecular weight is 256 g/mol. The van der Waals surface area contributed by atoms with Crippen LogP contribution in [0.25, 0.3) is 0 Å². The highest BCUT2D eigenvalue weighted by Gasteiger charge is 2.22. The molecule has 0 aromatic carbocycles. The fourth-order valence-electron chi connectivity index (χ4n) is 2.36. The molecule has 0 saturated heterocycles. The Morgan fingerprint density at radius 1 is 1.28 bits per heavy atom. The molecule has 0 heterocycles. The van der Waals surface area contributed by atoms with Crippen molar-refractivity contribution in [3.05, 3.63) is 0 Å². The molecule has 0 atom stereocenters. The van der Waals surface area contributed by atoms with Crippen LogP contribution in [0.4, 0.5) is 4.79 Å². The second kappa shape index (κ2) is 7.24. The predicted molar refractivity (Wildman–Crippen MR) is 69.5 cm³/mol. The molecule has 0 aromatic rings. The summed E-state index contributed by atoms with van der Waals surface area (Å²) in [7, 11) is 1.63. The van der Waals surface area contributed by atoms with Crippen LogP contribution in [-0.2, 0) is 4.79 Å². The fraction of sp³-hybridized carbons (Fsp3) is 0.846. The molecule has 0 spiro atoms. The quantitative estimate of drug-likeness (QED) is 0.791. The molecule has 0 unspecified atom stereocenters. The molecule has 1 aliphatic carbocycles. The third-order valence-electron chi connectivity index (χ3n) is 3.76. The van der Waals surface area contributed by atoms with Gasteiger partial charge in [0.2, 0.25) is 0 Å². The van der Waals surface area contributed by atoms with E-state index >= 15 is 0 Å². The largest absolute Gasteiger partial charge is 0.481 e. The molecular weight excluding hydrogens is 232 g/mol. The zero-order valence-corrected chi connectivity index (χ0v) is 11.3. The number of carboxylic acids is 1. The van der Waals surface area contributed by atoms with Crippen molar-refractivity contribution >= 4 is 12.0 Å². The van der Waals surface area contributed by atoms with Crippen molar-refractivity contribution in [2.45, 2.75) is 51.5 Å². The molecule has 5 heteroatoms. The van der Waals surface area contributed by atoms with E-state index in [-0.39, 0.29) is 25.0 Å². The number of nitrogens with zero attached hydrogens (tertiary/aromatic N) is 1. The van der Waals surface area contributed by atoms with E-state index in [9.17, 15) is 9.59 Å². The summed E-state index contributed by atoms with van der Waals surface area (Å²) in [4.78, 5) is 23.7. The number of hydrogen-bond donors (Lipinski definition) is 2. The lowest BCUT2D eigenvalue weighted by Gasteiger charge is -2.30. The van der Waals surface area contributed by atoms with Crippen LogP contribution >= 0.6 is 0 Å². The van der Waals surface area contributed by atoms with Gasteiger partial charge in [0.05, 0.1) is 6.42 Å². The van der Waals surface area contributed by atoms with Crippen molar-refractivity contribution in [2.75, 3.05) is 13.6 Å². The summed E-state index contributed by atoms with van der Waals surface area (Å²) >= 11 is 0. The summed E-state index contributed by atoms with van der Waals surface area (Å²) in [5.74, 6) is -0.0685. The van der Waals surface area contributed by atoms with E-state index in [1.165, 1.54) is 24.2 Å². The maximum atomic E-state index is 11.8. The first kappa shape index (κ1) is 14.8. The molecule has 18 heavy (non-hydrogen) atoms. The third kappa shape index (κ3) is 4.94.